The first kappa shape index (κ1) is 18.2. The molecule has 0 unspecified atom stereocenters. The van der Waals surface area contributed by atoms with Crippen LogP contribution in [-0.2, 0) is 11.3 Å². The number of rotatable bonds is 7. The van der Waals surface area contributed by atoms with E-state index in [0.29, 0.717) is 18.5 Å². The van der Waals surface area contributed by atoms with Crippen LogP contribution in [0.15, 0.2) is 24.3 Å². The second-order valence-electron chi connectivity index (χ2n) is 6.24. The van der Waals surface area contributed by atoms with Crippen molar-refractivity contribution in [1.82, 2.24) is 10.2 Å². The topological polar surface area (TPSA) is 69.6 Å². The zero-order chi connectivity index (χ0) is 17.4. The largest absolute Gasteiger partial charge is 0.481 e. The fraction of sp³-hybridized carbons (Fsp3) is 0.556. The Morgan fingerprint density at radius 1 is 1.21 bits per heavy atom. The Balaban J connectivity index is 2.00. The predicted octanol–water partition coefficient (Wildman–Crippen LogP) is 3.53. The number of aliphatic carboxylic acids is 1. The van der Waals surface area contributed by atoms with Gasteiger partial charge in [-0.2, -0.15) is 0 Å². The Morgan fingerprint density at radius 2 is 1.92 bits per heavy atom. The molecule has 24 heavy (non-hydrogen) atoms. The summed E-state index contributed by atoms with van der Waals surface area (Å²) in [5.41, 5.74) is 0.503. The molecule has 1 aromatic carbocycles. The average molecular weight is 336 g/mol. The van der Waals surface area contributed by atoms with E-state index in [4.69, 9.17) is 5.11 Å². The predicted molar refractivity (Wildman–Crippen MR) is 89.1 cm³/mol. The lowest BCUT2D eigenvalue weighted by Crippen LogP contribution is -2.46. The van der Waals surface area contributed by atoms with Crippen molar-refractivity contribution in [1.29, 1.82) is 0 Å². The molecule has 0 aliphatic heterocycles. The van der Waals surface area contributed by atoms with Crippen molar-refractivity contribution >= 4 is 12.0 Å². The van der Waals surface area contributed by atoms with Gasteiger partial charge in [0, 0.05) is 24.6 Å². The van der Waals surface area contributed by atoms with Crippen LogP contribution in [0.3, 0.4) is 0 Å². The summed E-state index contributed by atoms with van der Waals surface area (Å²) in [5.74, 6) is -1.18. The Morgan fingerprint density at radius 3 is 2.58 bits per heavy atom. The minimum Gasteiger partial charge on any atom is -0.481 e. The number of hydrogen-bond acceptors (Lipinski definition) is 2. The number of urea groups is 1. The van der Waals surface area contributed by atoms with Gasteiger partial charge >= 0.3 is 12.0 Å². The summed E-state index contributed by atoms with van der Waals surface area (Å²) in [6.07, 6.45) is 5.59. The van der Waals surface area contributed by atoms with Crippen LogP contribution in [0.25, 0.3) is 0 Å². The zero-order valence-corrected chi connectivity index (χ0v) is 13.8. The normalized spacial score (nSPS) is 15.0. The molecule has 1 fully saturated rings. The minimum absolute atomic E-state index is 0.0248. The Kier molecular flexibility index (Phi) is 7.03. The maximum Gasteiger partial charge on any atom is 0.317 e. The Labute approximate surface area is 141 Å². The van der Waals surface area contributed by atoms with Crippen LogP contribution in [-0.4, -0.2) is 34.6 Å². The van der Waals surface area contributed by atoms with Gasteiger partial charge in [-0.05, 0) is 25.3 Å². The zero-order valence-electron chi connectivity index (χ0n) is 13.8. The first-order valence-corrected chi connectivity index (χ1v) is 8.57. The van der Waals surface area contributed by atoms with E-state index in [2.05, 4.69) is 5.32 Å². The number of carbonyl (C=O) groups is 2. The second-order valence-corrected chi connectivity index (χ2v) is 6.24. The van der Waals surface area contributed by atoms with E-state index in [1.54, 1.807) is 23.1 Å². The van der Waals surface area contributed by atoms with Gasteiger partial charge in [0.2, 0.25) is 0 Å². The van der Waals surface area contributed by atoms with E-state index >= 15 is 0 Å². The van der Waals surface area contributed by atoms with E-state index < -0.39 is 5.97 Å². The monoisotopic (exact) mass is 336 g/mol. The lowest BCUT2D eigenvalue weighted by molar-refractivity contribution is -0.137. The summed E-state index contributed by atoms with van der Waals surface area (Å²) in [7, 11) is 0. The molecule has 1 aliphatic rings. The molecular weight excluding hydrogens is 311 g/mol. The highest BCUT2D eigenvalue weighted by Gasteiger charge is 2.26. The number of benzene rings is 1. The van der Waals surface area contributed by atoms with Gasteiger partial charge in [0.15, 0.2) is 0 Å². The van der Waals surface area contributed by atoms with Crippen molar-refractivity contribution in [2.45, 2.75) is 57.5 Å². The fourth-order valence-electron chi connectivity index (χ4n) is 3.11. The third-order valence-electron chi connectivity index (χ3n) is 4.42. The number of carboxylic acid groups (broad SMARTS) is 1. The summed E-state index contributed by atoms with van der Waals surface area (Å²) < 4.78 is 14.0. The van der Waals surface area contributed by atoms with Gasteiger partial charge < -0.3 is 15.3 Å². The van der Waals surface area contributed by atoms with E-state index in [9.17, 15) is 14.0 Å². The van der Waals surface area contributed by atoms with Crippen molar-refractivity contribution < 1.29 is 19.1 Å². The van der Waals surface area contributed by atoms with Crippen LogP contribution in [0.1, 0.15) is 50.5 Å². The third-order valence-corrected chi connectivity index (χ3v) is 4.42. The maximum atomic E-state index is 14.0. The molecule has 0 saturated heterocycles. The molecule has 1 aliphatic carbocycles. The molecule has 0 radical (unpaired) electrons. The summed E-state index contributed by atoms with van der Waals surface area (Å²) in [4.78, 5) is 24.8. The molecule has 1 aromatic rings. The lowest BCUT2D eigenvalue weighted by atomic mass is 9.94. The van der Waals surface area contributed by atoms with Crippen LogP contribution < -0.4 is 5.32 Å². The van der Waals surface area contributed by atoms with Gasteiger partial charge in [-0.25, -0.2) is 9.18 Å². The molecule has 0 spiro atoms. The standard InChI is InChI=1S/C18H25FN2O3/c19-16-10-5-4-7-14(16)13-21(15-8-2-1-3-9-15)18(24)20-12-6-11-17(22)23/h4-5,7,10,15H,1-3,6,8-9,11-13H2,(H,20,24)(H,22,23). The number of carbonyl (C=O) groups excluding carboxylic acids is 1. The maximum absolute atomic E-state index is 14.0. The highest BCUT2D eigenvalue weighted by atomic mass is 19.1. The Hall–Kier alpha value is -2.11. The van der Waals surface area contributed by atoms with Crippen molar-refractivity contribution in [2.75, 3.05) is 6.54 Å². The Bertz CT molecular complexity index is 559. The second kappa shape index (κ2) is 9.25. The molecule has 132 valence electrons. The lowest BCUT2D eigenvalue weighted by Gasteiger charge is -2.34. The van der Waals surface area contributed by atoms with Gasteiger partial charge in [0.25, 0.3) is 0 Å². The first-order chi connectivity index (χ1) is 11.6. The molecule has 6 heteroatoms. The fourth-order valence-corrected chi connectivity index (χ4v) is 3.11. The number of carboxylic acids is 1. The molecule has 0 heterocycles. The van der Waals surface area contributed by atoms with Gasteiger partial charge in [-0.1, -0.05) is 37.5 Å². The summed E-state index contributed by atoms with van der Waals surface area (Å²) >= 11 is 0. The van der Waals surface area contributed by atoms with Crippen molar-refractivity contribution in [3.05, 3.63) is 35.6 Å². The van der Waals surface area contributed by atoms with Gasteiger partial charge in [0.05, 0.1) is 6.54 Å². The number of nitrogens with zero attached hydrogens (tertiary/aromatic N) is 1. The van der Waals surface area contributed by atoms with Gasteiger partial charge in [-0.3, -0.25) is 4.79 Å². The molecule has 2 N–H and O–H groups in total. The van der Waals surface area contributed by atoms with Crippen LogP contribution in [0, 0.1) is 5.82 Å². The summed E-state index contributed by atoms with van der Waals surface area (Å²) in [6.45, 7) is 0.549. The van der Waals surface area contributed by atoms with E-state index in [1.165, 1.54) is 12.5 Å². The minimum atomic E-state index is -0.875. The molecule has 1 saturated carbocycles. The van der Waals surface area contributed by atoms with E-state index in [1.807, 2.05) is 0 Å². The van der Waals surface area contributed by atoms with Crippen LogP contribution in [0.4, 0.5) is 9.18 Å². The van der Waals surface area contributed by atoms with E-state index in [-0.39, 0.29) is 30.9 Å². The molecule has 5 nitrogen and oxygen atoms in total. The summed E-state index contributed by atoms with van der Waals surface area (Å²) in [6, 6.07) is 6.37. The highest BCUT2D eigenvalue weighted by molar-refractivity contribution is 5.74. The van der Waals surface area contributed by atoms with Crippen LogP contribution in [0.5, 0.6) is 0 Å². The average Bonchev–Trinajstić information content (AvgIpc) is 2.58. The number of hydrogen-bond donors (Lipinski definition) is 2. The molecule has 2 rings (SSSR count). The highest BCUT2D eigenvalue weighted by Crippen LogP contribution is 2.24. The number of nitrogens with one attached hydrogen (secondary N) is 1. The van der Waals surface area contributed by atoms with Gasteiger partial charge in [-0.15, -0.1) is 0 Å². The van der Waals surface area contributed by atoms with Crippen molar-refractivity contribution in [3.63, 3.8) is 0 Å². The molecule has 0 atom stereocenters. The first-order valence-electron chi connectivity index (χ1n) is 8.57. The van der Waals surface area contributed by atoms with Crippen molar-refractivity contribution in [2.24, 2.45) is 0 Å². The molecule has 0 aromatic heterocycles. The SMILES string of the molecule is O=C(O)CCCNC(=O)N(Cc1ccccc1F)C1CCCCC1. The quantitative estimate of drug-likeness (QED) is 0.748. The van der Waals surface area contributed by atoms with Gasteiger partial charge in [0.1, 0.15) is 5.82 Å². The molecule has 0 bridgehead atoms. The molecule has 2 amide bonds. The number of halogens is 1. The van der Waals surface area contributed by atoms with Crippen LogP contribution >= 0.6 is 0 Å². The van der Waals surface area contributed by atoms with Crippen molar-refractivity contribution in [3.8, 4) is 0 Å². The smallest absolute Gasteiger partial charge is 0.317 e. The third kappa shape index (κ3) is 5.51. The van der Waals surface area contributed by atoms with Crippen LogP contribution in [0.2, 0.25) is 0 Å². The summed E-state index contributed by atoms with van der Waals surface area (Å²) in [5, 5.41) is 11.4. The number of amides is 2. The molecular formula is C18H25FN2O3. The van der Waals surface area contributed by atoms with E-state index in [0.717, 1.165) is 25.7 Å².